The van der Waals surface area contributed by atoms with Crippen LogP contribution in [0.25, 0.3) is 11.1 Å². The number of benzene rings is 2. The number of likely N-dealkylation sites (tertiary alicyclic amines) is 1. The normalized spacial score (nSPS) is 15.7. The van der Waals surface area contributed by atoms with E-state index >= 15 is 0 Å². The Bertz CT molecular complexity index is 1070. The van der Waals surface area contributed by atoms with Crippen molar-refractivity contribution in [2.24, 2.45) is 0 Å². The number of amides is 1. The van der Waals surface area contributed by atoms with Gasteiger partial charge in [-0.05, 0) is 79.4 Å². The first-order valence-electron chi connectivity index (χ1n) is 10.8. The molecule has 32 heavy (non-hydrogen) atoms. The molecule has 1 fully saturated rings. The van der Waals surface area contributed by atoms with Crippen LogP contribution in [0.15, 0.2) is 60.7 Å². The Morgan fingerprint density at radius 3 is 2.53 bits per heavy atom. The van der Waals surface area contributed by atoms with Gasteiger partial charge >= 0.3 is 0 Å². The molecule has 1 aliphatic rings. The number of halogens is 1. The summed E-state index contributed by atoms with van der Waals surface area (Å²) in [6.45, 7) is 3.62. The summed E-state index contributed by atoms with van der Waals surface area (Å²) in [5.74, 6) is 0.436. The van der Waals surface area contributed by atoms with Gasteiger partial charge < -0.3 is 14.4 Å². The lowest BCUT2D eigenvalue weighted by Gasteiger charge is -2.25. The lowest BCUT2D eigenvalue weighted by molar-refractivity contribution is 0.0732. The summed E-state index contributed by atoms with van der Waals surface area (Å²) in [6, 6.07) is 17.6. The number of rotatable bonds is 7. The third-order valence-electron chi connectivity index (χ3n) is 5.66. The number of ether oxygens (including phenoxy) is 2. The highest BCUT2D eigenvalue weighted by Crippen LogP contribution is 2.34. The average Bonchev–Trinajstić information content (AvgIpc) is 3.29. The van der Waals surface area contributed by atoms with Gasteiger partial charge in [0.1, 0.15) is 18.2 Å². The Labute approximate surface area is 187 Å². The SMILES string of the molecule is COCCOc1ccc(C(=O)N2CCC[C@H]2c2cc(-c3ccc(F)cc3)cc(C)n2)cc1. The quantitative estimate of drug-likeness (QED) is 0.480. The van der Waals surface area contributed by atoms with E-state index in [4.69, 9.17) is 14.5 Å². The van der Waals surface area contributed by atoms with Crippen molar-refractivity contribution in [1.82, 2.24) is 9.88 Å². The zero-order valence-electron chi connectivity index (χ0n) is 18.4. The maximum atomic E-state index is 13.3. The molecule has 0 N–H and O–H groups in total. The van der Waals surface area contributed by atoms with Crippen LogP contribution < -0.4 is 4.74 Å². The molecule has 5 nitrogen and oxygen atoms in total. The molecule has 0 aliphatic carbocycles. The highest BCUT2D eigenvalue weighted by molar-refractivity contribution is 5.94. The molecule has 0 spiro atoms. The van der Waals surface area contributed by atoms with Crippen molar-refractivity contribution >= 4 is 5.91 Å². The average molecular weight is 435 g/mol. The zero-order chi connectivity index (χ0) is 22.5. The number of hydrogen-bond acceptors (Lipinski definition) is 4. The van der Waals surface area contributed by atoms with Crippen LogP contribution in [-0.4, -0.2) is 42.7 Å². The van der Waals surface area contributed by atoms with Gasteiger partial charge in [0, 0.05) is 24.9 Å². The molecule has 4 rings (SSSR count). The van der Waals surface area contributed by atoms with Crippen molar-refractivity contribution in [1.29, 1.82) is 0 Å². The second-order valence-electron chi connectivity index (χ2n) is 7.95. The van der Waals surface area contributed by atoms with Crippen LogP contribution in [0.5, 0.6) is 5.75 Å². The van der Waals surface area contributed by atoms with E-state index in [9.17, 15) is 9.18 Å². The first-order chi connectivity index (χ1) is 15.5. The third-order valence-corrected chi connectivity index (χ3v) is 5.66. The summed E-state index contributed by atoms with van der Waals surface area (Å²) in [7, 11) is 1.63. The number of carbonyl (C=O) groups excluding carboxylic acids is 1. The summed E-state index contributed by atoms with van der Waals surface area (Å²) < 4.78 is 23.9. The molecule has 1 aliphatic heterocycles. The predicted molar refractivity (Wildman–Crippen MR) is 121 cm³/mol. The first-order valence-corrected chi connectivity index (χ1v) is 10.8. The second-order valence-corrected chi connectivity index (χ2v) is 7.95. The fraction of sp³-hybridized carbons (Fsp3) is 0.308. The third kappa shape index (κ3) is 4.97. The topological polar surface area (TPSA) is 51.7 Å². The minimum atomic E-state index is -0.262. The number of hydrogen-bond donors (Lipinski definition) is 0. The lowest BCUT2D eigenvalue weighted by atomic mass is 10.0. The van der Waals surface area contributed by atoms with Crippen LogP contribution in [-0.2, 0) is 4.74 Å². The van der Waals surface area contributed by atoms with Crippen molar-refractivity contribution in [2.75, 3.05) is 26.9 Å². The summed E-state index contributed by atoms with van der Waals surface area (Å²) in [4.78, 5) is 19.9. The minimum absolute atomic E-state index is 0.0115. The maximum Gasteiger partial charge on any atom is 0.254 e. The van der Waals surface area contributed by atoms with Gasteiger partial charge in [0.25, 0.3) is 5.91 Å². The summed E-state index contributed by atoms with van der Waals surface area (Å²) in [6.07, 6.45) is 1.79. The molecule has 0 unspecified atom stereocenters. The van der Waals surface area contributed by atoms with E-state index in [-0.39, 0.29) is 17.8 Å². The van der Waals surface area contributed by atoms with Gasteiger partial charge in [-0.2, -0.15) is 0 Å². The molecule has 1 amide bonds. The van der Waals surface area contributed by atoms with Gasteiger partial charge in [-0.25, -0.2) is 4.39 Å². The number of aromatic nitrogens is 1. The number of carbonyl (C=O) groups is 1. The molecule has 166 valence electrons. The summed E-state index contributed by atoms with van der Waals surface area (Å²) in [5, 5.41) is 0. The standard InChI is InChI=1S/C26H27FN2O3/c1-18-16-21(19-5-9-22(27)10-6-19)17-24(28-18)25-4-3-13-29(25)26(30)20-7-11-23(12-8-20)32-15-14-31-2/h5-12,16-17,25H,3-4,13-15H2,1-2H3/t25-/m0/s1. The van der Waals surface area contributed by atoms with E-state index in [1.807, 2.05) is 36.1 Å². The van der Waals surface area contributed by atoms with E-state index in [0.717, 1.165) is 35.4 Å². The Morgan fingerprint density at radius 2 is 1.81 bits per heavy atom. The van der Waals surface area contributed by atoms with Crippen LogP contribution in [0.2, 0.25) is 0 Å². The molecule has 0 radical (unpaired) electrons. The van der Waals surface area contributed by atoms with Gasteiger partial charge in [0.15, 0.2) is 0 Å². The lowest BCUT2D eigenvalue weighted by Crippen LogP contribution is -2.31. The highest BCUT2D eigenvalue weighted by atomic mass is 19.1. The van der Waals surface area contributed by atoms with E-state index in [1.54, 1.807) is 31.4 Å². The Hall–Kier alpha value is -3.25. The van der Waals surface area contributed by atoms with Gasteiger partial charge in [0.05, 0.1) is 18.3 Å². The minimum Gasteiger partial charge on any atom is -0.491 e. The largest absolute Gasteiger partial charge is 0.491 e. The fourth-order valence-corrected chi connectivity index (χ4v) is 4.09. The molecule has 0 saturated carbocycles. The van der Waals surface area contributed by atoms with Crippen molar-refractivity contribution < 1.29 is 18.7 Å². The molecule has 1 atom stereocenters. The molecular weight excluding hydrogens is 407 g/mol. The zero-order valence-corrected chi connectivity index (χ0v) is 18.4. The van der Waals surface area contributed by atoms with E-state index < -0.39 is 0 Å². The van der Waals surface area contributed by atoms with Gasteiger partial charge in [-0.15, -0.1) is 0 Å². The first kappa shape index (κ1) is 22.0. The maximum absolute atomic E-state index is 13.3. The van der Waals surface area contributed by atoms with E-state index in [1.165, 1.54) is 12.1 Å². The van der Waals surface area contributed by atoms with Gasteiger partial charge in [0.2, 0.25) is 0 Å². The van der Waals surface area contributed by atoms with Crippen LogP contribution in [0.4, 0.5) is 4.39 Å². The molecule has 2 aromatic carbocycles. The molecule has 2 heterocycles. The van der Waals surface area contributed by atoms with Crippen LogP contribution in [0, 0.1) is 12.7 Å². The van der Waals surface area contributed by atoms with Crippen LogP contribution in [0.3, 0.4) is 0 Å². The number of aryl methyl sites for hydroxylation is 1. The molecule has 6 heteroatoms. The predicted octanol–water partition coefficient (Wildman–Crippen LogP) is 5.20. The van der Waals surface area contributed by atoms with Crippen molar-refractivity contribution in [3.63, 3.8) is 0 Å². The van der Waals surface area contributed by atoms with E-state index in [2.05, 4.69) is 0 Å². The summed E-state index contributed by atoms with van der Waals surface area (Å²) in [5.41, 5.74) is 4.28. The van der Waals surface area contributed by atoms with Gasteiger partial charge in [-0.1, -0.05) is 12.1 Å². The molecule has 1 saturated heterocycles. The van der Waals surface area contributed by atoms with Crippen molar-refractivity contribution in [3.05, 3.63) is 83.4 Å². The molecule has 1 aromatic heterocycles. The number of pyridine rings is 1. The molecular formula is C26H27FN2O3. The smallest absolute Gasteiger partial charge is 0.254 e. The molecule has 3 aromatic rings. The fourth-order valence-electron chi connectivity index (χ4n) is 4.09. The van der Waals surface area contributed by atoms with Crippen LogP contribution in [0.1, 0.15) is 40.6 Å². The Morgan fingerprint density at radius 1 is 1.06 bits per heavy atom. The monoisotopic (exact) mass is 434 g/mol. The van der Waals surface area contributed by atoms with Crippen molar-refractivity contribution in [3.8, 4) is 16.9 Å². The molecule has 0 bridgehead atoms. The number of nitrogens with zero attached hydrogens (tertiary/aromatic N) is 2. The number of methoxy groups -OCH3 is 1. The van der Waals surface area contributed by atoms with Gasteiger partial charge in [-0.3, -0.25) is 9.78 Å². The Balaban J connectivity index is 1.54. The summed E-state index contributed by atoms with van der Waals surface area (Å²) >= 11 is 0. The highest BCUT2D eigenvalue weighted by Gasteiger charge is 2.32. The van der Waals surface area contributed by atoms with Crippen LogP contribution >= 0.6 is 0 Å². The van der Waals surface area contributed by atoms with Crippen molar-refractivity contribution in [2.45, 2.75) is 25.8 Å². The van der Waals surface area contributed by atoms with E-state index in [0.29, 0.717) is 31.1 Å². The second kappa shape index (κ2) is 9.92. The Kier molecular flexibility index (Phi) is 6.81.